The number of anilines is 1. The summed E-state index contributed by atoms with van der Waals surface area (Å²) in [6.45, 7) is 5.71. The first-order valence-corrected chi connectivity index (χ1v) is 11.1. The van der Waals surface area contributed by atoms with Crippen molar-refractivity contribution in [1.82, 2.24) is 19.7 Å². The molecule has 2 aliphatic carbocycles. The van der Waals surface area contributed by atoms with Crippen molar-refractivity contribution >= 4 is 16.5 Å². The highest BCUT2D eigenvalue weighted by Crippen LogP contribution is 2.32. The molecule has 3 heterocycles. The third-order valence-corrected chi connectivity index (χ3v) is 7.35. The van der Waals surface area contributed by atoms with E-state index in [2.05, 4.69) is 14.9 Å². The van der Waals surface area contributed by atoms with Gasteiger partial charge in [0.15, 0.2) is 5.13 Å². The Morgan fingerprint density at radius 2 is 1.74 bits per heavy atom. The highest BCUT2D eigenvalue weighted by atomic mass is 32.1. The second kappa shape index (κ2) is 7.36. The van der Waals surface area contributed by atoms with Gasteiger partial charge in [-0.05, 0) is 50.5 Å². The summed E-state index contributed by atoms with van der Waals surface area (Å²) in [6.07, 6.45) is 8.16. The number of aromatic nitrogens is 3. The first-order chi connectivity index (χ1) is 13.3. The second-order valence-corrected chi connectivity index (χ2v) is 9.00. The molecular formula is C20H27N5OS. The van der Waals surface area contributed by atoms with Crippen LogP contribution in [0.4, 0.5) is 5.13 Å². The van der Waals surface area contributed by atoms with Gasteiger partial charge in [0, 0.05) is 43.7 Å². The van der Waals surface area contributed by atoms with Gasteiger partial charge >= 0.3 is 0 Å². The smallest absolute Gasteiger partial charge is 0.267 e. The molecule has 0 atom stereocenters. The summed E-state index contributed by atoms with van der Waals surface area (Å²) in [6, 6.07) is 1.80. The number of hydrogen-bond acceptors (Lipinski definition) is 6. The largest absolute Gasteiger partial charge is 0.346 e. The summed E-state index contributed by atoms with van der Waals surface area (Å²) in [5, 5.41) is 5.82. The Balaban J connectivity index is 1.17. The van der Waals surface area contributed by atoms with Crippen LogP contribution in [0.5, 0.6) is 0 Å². The maximum atomic E-state index is 12.3. The summed E-state index contributed by atoms with van der Waals surface area (Å²) in [5.74, 6) is 0. The average Bonchev–Trinajstić information content (AvgIpc) is 3.32. The third kappa shape index (κ3) is 3.55. The van der Waals surface area contributed by atoms with E-state index in [-0.39, 0.29) is 5.56 Å². The van der Waals surface area contributed by atoms with E-state index in [0.29, 0.717) is 6.54 Å². The average molecular weight is 386 g/mol. The van der Waals surface area contributed by atoms with Gasteiger partial charge in [-0.25, -0.2) is 9.67 Å². The van der Waals surface area contributed by atoms with Crippen molar-refractivity contribution in [3.63, 3.8) is 0 Å². The fourth-order valence-electron chi connectivity index (χ4n) is 4.47. The fourth-order valence-corrected chi connectivity index (χ4v) is 5.67. The molecule has 2 aromatic heterocycles. The number of piperazine rings is 1. The summed E-state index contributed by atoms with van der Waals surface area (Å²) < 4.78 is 1.67. The van der Waals surface area contributed by atoms with Crippen molar-refractivity contribution in [3.8, 4) is 0 Å². The molecular weight excluding hydrogens is 358 g/mol. The molecule has 1 aliphatic heterocycles. The molecule has 3 aliphatic rings. The number of aryl methyl sites for hydroxylation is 4. The third-order valence-electron chi connectivity index (χ3n) is 6.13. The zero-order chi connectivity index (χ0) is 18.2. The number of fused-ring (bicyclic) bond motifs is 2. The van der Waals surface area contributed by atoms with Crippen molar-refractivity contribution in [2.45, 2.75) is 51.5 Å². The molecule has 144 valence electrons. The van der Waals surface area contributed by atoms with Gasteiger partial charge in [0.1, 0.15) is 0 Å². The molecule has 0 amide bonds. The molecule has 27 heavy (non-hydrogen) atoms. The van der Waals surface area contributed by atoms with Gasteiger partial charge in [-0.15, -0.1) is 11.3 Å². The number of hydrogen-bond donors (Lipinski definition) is 0. The Kier molecular flexibility index (Phi) is 4.73. The molecule has 7 heteroatoms. The van der Waals surface area contributed by atoms with Crippen LogP contribution in [-0.2, 0) is 32.2 Å². The Labute approximate surface area is 163 Å². The zero-order valence-electron chi connectivity index (χ0n) is 15.8. The quantitative estimate of drug-likeness (QED) is 0.805. The van der Waals surface area contributed by atoms with Gasteiger partial charge in [-0.1, -0.05) is 0 Å². The summed E-state index contributed by atoms with van der Waals surface area (Å²) in [7, 11) is 0. The lowest BCUT2D eigenvalue weighted by Gasteiger charge is -2.34. The van der Waals surface area contributed by atoms with Crippen LogP contribution in [0, 0.1) is 0 Å². The number of rotatable bonds is 4. The van der Waals surface area contributed by atoms with E-state index in [1.165, 1.54) is 35.0 Å². The maximum absolute atomic E-state index is 12.3. The van der Waals surface area contributed by atoms with Gasteiger partial charge in [-0.3, -0.25) is 9.69 Å². The molecule has 2 aromatic rings. The normalized spacial score (nSPS) is 19.9. The van der Waals surface area contributed by atoms with Crippen molar-refractivity contribution in [2.24, 2.45) is 0 Å². The minimum Gasteiger partial charge on any atom is -0.346 e. The zero-order valence-corrected chi connectivity index (χ0v) is 16.6. The molecule has 5 rings (SSSR count). The summed E-state index contributed by atoms with van der Waals surface area (Å²) in [5.41, 5.74) is 3.71. The lowest BCUT2D eigenvalue weighted by Crippen LogP contribution is -2.47. The summed E-state index contributed by atoms with van der Waals surface area (Å²) >= 11 is 1.91. The number of thiazole rings is 1. The van der Waals surface area contributed by atoms with Crippen LogP contribution < -0.4 is 10.5 Å². The van der Waals surface area contributed by atoms with Crippen LogP contribution in [0.3, 0.4) is 0 Å². The lowest BCUT2D eigenvalue weighted by atomic mass is 10.0. The van der Waals surface area contributed by atoms with Gasteiger partial charge in [0.05, 0.1) is 17.9 Å². The Hall–Kier alpha value is -1.73. The molecule has 6 nitrogen and oxygen atoms in total. The molecule has 0 radical (unpaired) electrons. The van der Waals surface area contributed by atoms with Crippen LogP contribution in [0.25, 0.3) is 0 Å². The first kappa shape index (κ1) is 17.4. The highest BCUT2D eigenvalue weighted by Gasteiger charge is 2.23. The van der Waals surface area contributed by atoms with Crippen LogP contribution in [0.2, 0.25) is 0 Å². The SMILES string of the molecule is O=c1cc2c(nn1CCN1CCN(c3nc4c(s3)CCCC4)CC1)CCC2. The predicted molar refractivity (Wildman–Crippen MR) is 108 cm³/mol. The highest BCUT2D eigenvalue weighted by molar-refractivity contribution is 7.15. The van der Waals surface area contributed by atoms with E-state index in [4.69, 9.17) is 4.98 Å². The molecule has 0 spiro atoms. The number of nitrogens with zero attached hydrogens (tertiary/aromatic N) is 5. The van der Waals surface area contributed by atoms with Crippen LogP contribution >= 0.6 is 11.3 Å². The maximum Gasteiger partial charge on any atom is 0.267 e. The topological polar surface area (TPSA) is 54.3 Å². The van der Waals surface area contributed by atoms with Gasteiger partial charge in [0.25, 0.3) is 5.56 Å². The van der Waals surface area contributed by atoms with Crippen LogP contribution in [0.1, 0.15) is 41.1 Å². The van der Waals surface area contributed by atoms with Gasteiger partial charge < -0.3 is 4.90 Å². The van der Waals surface area contributed by atoms with E-state index in [1.54, 1.807) is 10.7 Å². The Bertz CT molecular complexity index is 857. The first-order valence-electron chi connectivity index (χ1n) is 10.3. The molecule has 0 unspecified atom stereocenters. The predicted octanol–water partition coefficient (Wildman–Crippen LogP) is 1.89. The Morgan fingerprint density at radius 3 is 2.59 bits per heavy atom. The monoisotopic (exact) mass is 385 g/mol. The molecule has 0 aromatic carbocycles. The van der Waals surface area contributed by atoms with Crippen molar-refractivity contribution in [2.75, 3.05) is 37.6 Å². The van der Waals surface area contributed by atoms with E-state index in [1.807, 2.05) is 11.3 Å². The van der Waals surface area contributed by atoms with Crippen molar-refractivity contribution < 1.29 is 0 Å². The minimum absolute atomic E-state index is 0.0580. The van der Waals surface area contributed by atoms with E-state index < -0.39 is 0 Å². The van der Waals surface area contributed by atoms with Crippen LogP contribution in [0.15, 0.2) is 10.9 Å². The van der Waals surface area contributed by atoms with E-state index in [9.17, 15) is 4.79 Å². The molecule has 0 saturated carbocycles. The standard InChI is InChI=1S/C20H27N5OS/c26-19-14-15-4-3-6-16(15)22-25(19)13-10-23-8-11-24(12-9-23)20-21-17-5-1-2-7-18(17)27-20/h14H,1-13H2. The van der Waals surface area contributed by atoms with Crippen molar-refractivity contribution in [3.05, 3.63) is 38.2 Å². The minimum atomic E-state index is 0.0580. The van der Waals surface area contributed by atoms with Crippen LogP contribution in [-0.4, -0.2) is 52.4 Å². The van der Waals surface area contributed by atoms with E-state index >= 15 is 0 Å². The van der Waals surface area contributed by atoms with Gasteiger partial charge in [-0.2, -0.15) is 5.10 Å². The van der Waals surface area contributed by atoms with E-state index in [0.717, 1.165) is 69.7 Å². The lowest BCUT2D eigenvalue weighted by molar-refractivity contribution is 0.242. The molecule has 0 bridgehead atoms. The Morgan fingerprint density at radius 1 is 0.926 bits per heavy atom. The fraction of sp³-hybridized carbons (Fsp3) is 0.650. The molecule has 1 fully saturated rings. The summed E-state index contributed by atoms with van der Waals surface area (Å²) in [4.78, 5) is 23.6. The second-order valence-electron chi connectivity index (χ2n) is 7.93. The molecule has 1 saturated heterocycles. The van der Waals surface area contributed by atoms with Crippen molar-refractivity contribution in [1.29, 1.82) is 0 Å². The van der Waals surface area contributed by atoms with Gasteiger partial charge in [0.2, 0.25) is 0 Å². The molecule has 0 N–H and O–H groups in total.